The summed E-state index contributed by atoms with van der Waals surface area (Å²) in [6.07, 6.45) is 1.71. The van der Waals surface area contributed by atoms with Crippen LogP contribution in [0.3, 0.4) is 0 Å². The molecule has 0 spiro atoms. The highest BCUT2D eigenvalue weighted by molar-refractivity contribution is 9.10. The number of aromatic nitrogens is 1. The van der Waals surface area contributed by atoms with E-state index in [0.29, 0.717) is 10.6 Å². The minimum absolute atomic E-state index is 0.512. The Kier molecular flexibility index (Phi) is 5.55. The predicted molar refractivity (Wildman–Crippen MR) is 113 cm³/mol. The molecule has 1 heterocycles. The molecule has 0 aliphatic heterocycles. The van der Waals surface area contributed by atoms with E-state index in [1.165, 1.54) is 28.0 Å². The summed E-state index contributed by atoms with van der Waals surface area (Å²) in [5, 5.41) is 15.4. The van der Waals surface area contributed by atoms with Gasteiger partial charge in [-0.05, 0) is 60.0 Å². The number of hydrogen-bond acceptors (Lipinski definition) is 4. The summed E-state index contributed by atoms with van der Waals surface area (Å²) < 4.78 is 0.959. The van der Waals surface area contributed by atoms with E-state index in [1.807, 2.05) is 30.5 Å². The van der Waals surface area contributed by atoms with Crippen molar-refractivity contribution in [2.24, 2.45) is 0 Å². The quantitative estimate of drug-likeness (QED) is 0.488. The lowest BCUT2D eigenvalue weighted by Gasteiger charge is -2.05. The molecule has 1 N–H and O–H groups in total. The van der Waals surface area contributed by atoms with Crippen LogP contribution in [0.25, 0.3) is 16.8 Å². The van der Waals surface area contributed by atoms with E-state index < -0.39 is 0 Å². The van der Waals surface area contributed by atoms with E-state index in [-0.39, 0.29) is 0 Å². The van der Waals surface area contributed by atoms with Gasteiger partial charge < -0.3 is 5.32 Å². The topological polar surface area (TPSA) is 48.7 Å². The van der Waals surface area contributed by atoms with Gasteiger partial charge in [0.2, 0.25) is 0 Å². The number of rotatable bonds is 4. The molecule has 0 aliphatic rings. The highest BCUT2D eigenvalue weighted by atomic mass is 79.9. The lowest BCUT2D eigenvalue weighted by molar-refractivity contribution is 1.32. The smallest absolute Gasteiger partial charge is 0.136 e. The average molecular weight is 424 g/mol. The summed E-state index contributed by atoms with van der Waals surface area (Å²) in [4.78, 5) is 4.67. The molecule has 130 valence electrons. The van der Waals surface area contributed by atoms with Gasteiger partial charge in [-0.15, -0.1) is 11.3 Å². The average Bonchev–Trinajstić information content (AvgIpc) is 3.06. The Morgan fingerprint density at radius 2 is 1.88 bits per heavy atom. The Hall–Kier alpha value is -2.42. The first kappa shape index (κ1) is 18.4. The maximum absolute atomic E-state index is 9.54. The molecule has 0 atom stereocenters. The molecule has 0 saturated heterocycles. The van der Waals surface area contributed by atoms with Crippen LogP contribution in [0, 0.1) is 32.1 Å². The summed E-state index contributed by atoms with van der Waals surface area (Å²) in [6, 6.07) is 14.6. The van der Waals surface area contributed by atoms with Crippen molar-refractivity contribution < 1.29 is 0 Å². The maximum Gasteiger partial charge on any atom is 0.136 e. The van der Waals surface area contributed by atoms with Crippen molar-refractivity contribution in [2.45, 2.75) is 20.8 Å². The van der Waals surface area contributed by atoms with Crippen LogP contribution in [0.4, 0.5) is 5.69 Å². The zero-order valence-electron chi connectivity index (χ0n) is 14.8. The van der Waals surface area contributed by atoms with E-state index in [4.69, 9.17) is 0 Å². The molecule has 1 aromatic heterocycles. The Morgan fingerprint density at radius 3 is 2.58 bits per heavy atom. The first-order valence-corrected chi connectivity index (χ1v) is 9.81. The Labute approximate surface area is 166 Å². The van der Waals surface area contributed by atoms with Gasteiger partial charge >= 0.3 is 0 Å². The summed E-state index contributed by atoms with van der Waals surface area (Å²) in [6.45, 7) is 6.20. The SMILES string of the molecule is Cc1ccc(-c2csc(C(C#N)=CNc3ccc(C)cc3Br)n2)c(C)c1. The number of halogens is 1. The molecule has 0 fully saturated rings. The van der Waals surface area contributed by atoms with Gasteiger partial charge in [0.05, 0.1) is 11.4 Å². The first-order chi connectivity index (χ1) is 12.5. The van der Waals surface area contributed by atoms with Crippen LogP contribution in [0.5, 0.6) is 0 Å². The van der Waals surface area contributed by atoms with E-state index in [9.17, 15) is 5.26 Å². The number of anilines is 1. The number of benzene rings is 2. The van der Waals surface area contributed by atoms with Gasteiger partial charge in [-0.3, -0.25) is 0 Å². The second kappa shape index (κ2) is 7.86. The standard InChI is InChI=1S/C21H18BrN3S/c1-13-4-6-17(15(3)8-13)20-12-26-21(25-20)16(10-23)11-24-19-7-5-14(2)9-18(19)22/h4-9,11-12,24H,1-3H3. The zero-order chi connectivity index (χ0) is 18.7. The molecular weight excluding hydrogens is 406 g/mol. The third-order valence-electron chi connectivity index (χ3n) is 4.01. The number of hydrogen-bond donors (Lipinski definition) is 1. The molecule has 3 aromatic rings. The minimum Gasteiger partial charge on any atom is -0.359 e. The molecule has 0 saturated carbocycles. The molecule has 0 aliphatic carbocycles. The van der Waals surface area contributed by atoms with Crippen LogP contribution in [0.15, 0.2) is 52.5 Å². The van der Waals surface area contributed by atoms with Crippen LogP contribution in [-0.4, -0.2) is 4.98 Å². The van der Waals surface area contributed by atoms with Crippen LogP contribution in [0.2, 0.25) is 0 Å². The second-order valence-electron chi connectivity index (χ2n) is 6.15. The van der Waals surface area contributed by atoms with Gasteiger partial charge in [0.15, 0.2) is 0 Å². The van der Waals surface area contributed by atoms with Crippen molar-refractivity contribution in [1.29, 1.82) is 5.26 Å². The van der Waals surface area contributed by atoms with Crippen molar-refractivity contribution in [3.05, 3.63) is 74.1 Å². The Morgan fingerprint density at radius 1 is 1.15 bits per heavy atom. The van der Waals surface area contributed by atoms with E-state index >= 15 is 0 Å². The van der Waals surface area contributed by atoms with Gasteiger partial charge in [-0.2, -0.15) is 5.26 Å². The Bertz CT molecular complexity index is 1030. The van der Waals surface area contributed by atoms with Crippen LogP contribution in [-0.2, 0) is 0 Å². The van der Waals surface area contributed by atoms with E-state index in [0.717, 1.165) is 21.4 Å². The number of nitrogens with zero attached hydrogens (tertiary/aromatic N) is 2. The van der Waals surface area contributed by atoms with Gasteiger partial charge in [0.1, 0.15) is 16.6 Å². The zero-order valence-corrected chi connectivity index (χ0v) is 17.2. The molecule has 0 radical (unpaired) electrons. The monoisotopic (exact) mass is 423 g/mol. The fourth-order valence-electron chi connectivity index (χ4n) is 2.65. The lowest BCUT2D eigenvalue weighted by atomic mass is 10.0. The van der Waals surface area contributed by atoms with Crippen molar-refractivity contribution in [3.8, 4) is 17.3 Å². The van der Waals surface area contributed by atoms with Crippen LogP contribution in [0.1, 0.15) is 21.7 Å². The summed E-state index contributed by atoms with van der Waals surface area (Å²) in [5.41, 5.74) is 7.01. The van der Waals surface area contributed by atoms with Crippen LogP contribution >= 0.6 is 27.3 Å². The summed E-state index contributed by atoms with van der Waals surface area (Å²) >= 11 is 5.01. The highest BCUT2D eigenvalue weighted by Crippen LogP contribution is 2.29. The third-order valence-corrected chi connectivity index (χ3v) is 5.54. The highest BCUT2D eigenvalue weighted by Gasteiger charge is 2.11. The fourth-order valence-corrected chi connectivity index (χ4v) is 4.04. The van der Waals surface area contributed by atoms with Gasteiger partial charge in [-0.25, -0.2) is 4.98 Å². The second-order valence-corrected chi connectivity index (χ2v) is 7.87. The van der Waals surface area contributed by atoms with Crippen molar-refractivity contribution >= 4 is 38.5 Å². The van der Waals surface area contributed by atoms with Crippen molar-refractivity contribution in [1.82, 2.24) is 4.98 Å². The van der Waals surface area contributed by atoms with Gasteiger partial charge in [-0.1, -0.05) is 29.8 Å². The molecule has 3 nitrogen and oxygen atoms in total. The third kappa shape index (κ3) is 4.04. The molecule has 0 unspecified atom stereocenters. The first-order valence-electron chi connectivity index (χ1n) is 8.14. The molecule has 0 bridgehead atoms. The number of nitriles is 1. The molecule has 5 heteroatoms. The van der Waals surface area contributed by atoms with E-state index in [1.54, 1.807) is 6.20 Å². The summed E-state index contributed by atoms with van der Waals surface area (Å²) in [5.74, 6) is 0. The summed E-state index contributed by atoms with van der Waals surface area (Å²) in [7, 11) is 0. The number of aryl methyl sites for hydroxylation is 3. The Balaban J connectivity index is 1.87. The number of thiazole rings is 1. The fraction of sp³-hybridized carbons (Fsp3) is 0.143. The number of allylic oxidation sites excluding steroid dienone is 1. The minimum atomic E-state index is 0.512. The molecule has 3 rings (SSSR count). The lowest BCUT2D eigenvalue weighted by Crippen LogP contribution is -1.92. The number of nitrogens with one attached hydrogen (secondary N) is 1. The molecule has 2 aromatic carbocycles. The van der Waals surface area contributed by atoms with Gasteiger partial charge in [0.25, 0.3) is 0 Å². The van der Waals surface area contributed by atoms with Crippen LogP contribution < -0.4 is 5.32 Å². The van der Waals surface area contributed by atoms with Gasteiger partial charge in [0, 0.05) is 21.6 Å². The maximum atomic E-state index is 9.54. The molecular formula is C21H18BrN3S. The largest absolute Gasteiger partial charge is 0.359 e. The molecule has 0 amide bonds. The molecule has 26 heavy (non-hydrogen) atoms. The van der Waals surface area contributed by atoms with Crippen molar-refractivity contribution in [2.75, 3.05) is 5.32 Å². The van der Waals surface area contributed by atoms with E-state index in [2.05, 4.69) is 64.3 Å². The van der Waals surface area contributed by atoms with Crippen molar-refractivity contribution in [3.63, 3.8) is 0 Å². The predicted octanol–water partition coefficient (Wildman–Crippen LogP) is 6.47. The normalized spacial score (nSPS) is 11.3.